The number of rotatable bonds is 9. The maximum atomic E-state index is 13.1. The van der Waals surface area contributed by atoms with E-state index in [1.54, 1.807) is 60.7 Å². The van der Waals surface area contributed by atoms with Crippen LogP contribution in [0.5, 0.6) is 11.5 Å². The highest BCUT2D eigenvalue weighted by atomic mass is 35.5. The van der Waals surface area contributed by atoms with E-state index in [1.165, 1.54) is 5.56 Å². The second kappa shape index (κ2) is 11.9. The lowest BCUT2D eigenvalue weighted by Gasteiger charge is -2.26. The second-order valence-electron chi connectivity index (χ2n) is 10.2. The van der Waals surface area contributed by atoms with Crippen molar-refractivity contribution in [2.75, 3.05) is 16.8 Å². The molecule has 0 aliphatic carbocycles. The van der Waals surface area contributed by atoms with Gasteiger partial charge in [0.15, 0.2) is 0 Å². The van der Waals surface area contributed by atoms with Crippen LogP contribution < -0.4 is 19.7 Å². The Hall–Kier alpha value is -4.88. The van der Waals surface area contributed by atoms with Crippen LogP contribution in [0.15, 0.2) is 114 Å². The highest BCUT2D eigenvalue weighted by molar-refractivity contribution is 6.53. The van der Waals surface area contributed by atoms with Crippen LogP contribution in [0, 0.1) is 0 Å². The molecule has 0 saturated heterocycles. The van der Waals surface area contributed by atoms with Gasteiger partial charge in [0.2, 0.25) is 0 Å². The van der Waals surface area contributed by atoms with Gasteiger partial charge in [-0.15, -0.1) is 0 Å². The first kappa shape index (κ1) is 28.6. The highest BCUT2D eigenvalue weighted by Gasteiger charge is 2.39. The minimum absolute atomic E-state index is 0.0515. The molecule has 0 aromatic heterocycles. The van der Waals surface area contributed by atoms with Gasteiger partial charge in [0, 0.05) is 11.1 Å². The van der Waals surface area contributed by atoms with Crippen molar-refractivity contribution in [2.24, 2.45) is 0 Å². The molecule has 0 spiro atoms. The van der Waals surface area contributed by atoms with Gasteiger partial charge in [-0.2, -0.15) is 0 Å². The maximum absolute atomic E-state index is 13.1. The van der Waals surface area contributed by atoms with E-state index in [0.717, 1.165) is 10.5 Å². The summed E-state index contributed by atoms with van der Waals surface area (Å²) in [6, 6.07) is 30.6. The summed E-state index contributed by atoms with van der Waals surface area (Å²) in [5.41, 5.74) is 3.19. The van der Waals surface area contributed by atoms with Gasteiger partial charge in [-0.1, -0.05) is 67.9 Å². The van der Waals surface area contributed by atoms with Crippen LogP contribution in [0.2, 0.25) is 0 Å². The number of nitrogens with zero attached hydrogens (tertiary/aromatic N) is 1. The van der Waals surface area contributed by atoms with E-state index >= 15 is 0 Å². The first-order valence-electron chi connectivity index (χ1n) is 13.5. The topological polar surface area (TPSA) is 84.9 Å². The molecule has 1 aliphatic rings. The Balaban J connectivity index is 1.23. The van der Waals surface area contributed by atoms with E-state index in [2.05, 4.69) is 31.3 Å². The summed E-state index contributed by atoms with van der Waals surface area (Å²) in [6.07, 6.45) is 0. The van der Waals surface area contributed by atoms with Crippen LogP contribution in [0.3, 0.4) is 0 Å². The van der Waals surface area contributed by atoms with E-state index in [9.17, 15) is 14.4 Å². The quantitative estimate of drug-likeness (QED) is 0.129. The Morgan fingerprint density at radius 2 is 1.38 bits per heavy atom. The Morgan fingerprint density at radius 1 is 0.786 bits per heavy atom. The summed E-state index contributed by atoms with van der Waals surface area (Å²) in [5, 5.41) is 2.69. The molecule has 4 aromatic carbocycles. The summed E-state index contributed by atoms with van der Waals surface area (Å²) in [5.74, 6) is -0.692. The monoisotopic (exact) mass is 580 g/mol. The van der Waals surface area contributed by atoms with Crippen LogP contribution in [0.4, 0.5) is 11.4 Å². The summed E-state index contributed by atoms with van der Waals surface area (Å²) in [6.45, 7) is 6.66. The van der Waals surface area contributed by atoms with Gasteiger partial charge in [0.1, 0.15) is 22.2 Å². The van der Waals surface area contributed by atoms with Crippen molar-refractivity contribution < 1.29 is 23.9 Å². The third-order valence-electron chi connectivity index (χ3n) is 7.11. The smallest absolute Gasteiger partial charge is 0.343 e. The molecule has 0 bridgehead atoms. The van der Waals surface area contributed by atoms with Gasteiger partial charge in [-0.3, -0.25) is 9.59 Å². The van der Waals surface area contributed by atoms with E-state index in [1.807, 2.05) is 37.3 Å². The molecule has 0 saturated carbocycles. The van der Waals surface area contributed by atoms with Crippen molar-refractivity contribution in [1.29, 1.82) is 0 Å². The number of hydrogen-bond acceptors (Lipinski definition) is 6. The molecule has 0 fully saturated rings. The Labute approximate surface area is 249 Å². The Morgan fingerprint density at radius 3 is 2.00 bits per heavy atom. The molecular formula is C34H29ClN2O5. The number of carbonyl (C=O) groups excluding carboxylic acids is 3. The molecule has 8 heteroatoms. The molecule has 4 aromatic rings. The number of amides is 2. The highest BCUT2D eigenvalue weighted by Crippen LogP contribution is 2.33. The number of ether oxygens (including phenoxy) is 2. The van der Waals surface area contributed by atoms with Gasteiger partial charge in [0.05, 0.1) is 17.9 Å². The van der Waals surface area contributed by atoms with Crippen molar-refractivity contribution in [1.82, 2.24) is 0 Å². The van der Waals surface area contributed by atoms with Crippen molar-refractivity contribution >= 4 is 40.8 Å². The molecule has 1 N–H and O–H groups in total. The predicted octanol–water partition coefficient (Wildman–Crippen LogP) is 7.07. The van der Waals surface area contributed by atoms with Crippen LogP contribution in [-0.4, -0.2) is 24.4 Å². The fourth-order valence-corrected chi connectivity index (χ4v) is 4.88. The molecule has 42 heavy (non-hydrogen) atoms. The number of anilines is 2. The van der Waals surface area contributed by atoms with Crippen LogP contribution in [-0.2, 0) is 15.0 Å². The summed E-state index contributed by atoms with van der Waals surface area (Å²) in [4.78, 5) is 39.7. The summed E-state index contributed by atoms with van der Waals surface area (Å²) < 4.78 is 11.0. The average Bonchev–Trinajstić information content (AvgIpc) is 3.21. The minimum atomic E-state index is -0.633. The molecule has 7 nitrogen and oxygen atoms in total. The zero-order valence-electron chi connectivity index (χ0n) is 23.4. The second-order valence-corrected chi connectivity index (χ2v) is 10.5. The molecule has 1 heterocycles. The largest absolute Gasteiger partial charge is 0.494 e. The molecule has 0 radical (unpaired) electrons. The zero-order chi connectivity index (χ0) is 29.9. The minimum Gasteiger partial charge on any atom is -0.494 e. The van der Waals surface area contributed by atoms with Crippen molar-refractivity contribution in [2.45, 2.75) is 26.2 Å². The van der Waals surface area contributed by atoms with Gasteiger partial charge in [0.25, 0.3) is 11.8 Å². The van der Waals surface area contributed by atoms with Crippen LogP contribution >= 0.6 is 11.6 Å². The lowest BCUT2D eigenvalue weighted by atomic mass is 9.78. The van der Waals surface area contributed by atoms with Gasteiger partial charge >= 0.3 is 5.97 Å². The molecule has 2 amide bonds. The Bertz CT molecular complexity index is 1650. The zero-order valence-corrected chi connectivity index (χ0v) is 24.1. The third kappa shape index (κ3) is 5.78. The average molecular weight is 581 g/mol. The number of imide groups is 1. The molecular weight excluding hydrogens is 552 g/mol. The lowest BCUT2D eigenvalue weighted by Crippen LogP contribution is -2.32. The Kier molecular flexibility index (Phi) is 8.13. The molecule has 0 unspecified atom stereocenters. The number of benzene rings is 4. The molecule has 1 aliphatic heterocycles. The van der Waals surface area contributed by atoms with E-state index in [0.29, 0.717) is 35.0 Å². The van der Waals surface area contributed by atoms with Crippen molar-refractivity contribution in [3.05, 3.63) is 131 Å². The number of carbonyl (C=O) groups is 3. The van der Waals surface area contributed by atoms with Gasteiger partial charge in [-0.05, 0) is 78.7 Å². The van der Waals surface area contributed by atoms with E-state index in [4.69, 9.17) is 21.1 Å². The maximum Gasteiger partial charge on any atom is 0.343 e. The number of nitrogens with one attached hydrogen (secondary N) is 1. The van der Waals surface area contributed by atoms with Crippen LogP contribution in [0.25, 0.3) is 0 Å². The third-order valence-corrected chi connectivity index (χ3v) is 7.46. The lowest BCUT2D eigenvalue weighted by molar-refractivity contribution is -0.120. The van der Waals surface area contributed by atoms with E-state index < -0.39 is 17.8 Å². The predicted molar refractivity (Wildman–Crippen MR) is 163 cm³/mol. The number of halogens is 1. The van der Waals surface area contributed by atoms with Crippen LogP contribution in [0.1, 0.15) is 42.3 Å². The number of hydrogen-bond donors (Lipinski definition) is 1. The standard InChI is InChI=1S/C34H29ClN2O5/c1-4-41-27-20-16-26(17-21-27)37-31(38)29(35)30(32(37)39)36-25-14-10-22(11-15-25)33(40)42-28-18-12-24(13-19-28)34(2,3)23-8-6-5-7-9-23/h5-21,36H,4H2,1-3H3. The van der Waals surface area contributed by atoms with Gasteiger partial charge < -0.3 is 14.8 Å². The molecule has 212 valence electrons. The SMILES string of the molecule is CCOc1ccc(N2C(=O)C(Cl)=C(Nc3ccc(C(=O)Oc4ccc(C(C)(C)c5ccccc5)cc4)cc3)C2=O)cc1. The first-order valence-corrected chi connectivity index (χ1v) is 13.8. The van der Waals surface area contributed by atoms with Crippen molar-refractivity contribution in [3.63, 3.8) is 0 Å². The van der Waals surface area contributed by atoms with Gasteiger partial charge in [-0.25, -0.2) is 9.69 Å². The summed E-state index contributed by atoms with van der Waals surface area (Å²) in [7, 11) is 0. The first-order chi connectivity index (χ1) is 20.2. The normalized spacial score (nSPS) is 13.4. The fraction of sp³-hybridized carbons (Fsp3) is 0.147. The molecule has 5 rings (SSSR count). The fourth-order valence-electron chi connectivity index (χ4n) is 4.67. The molecule has 0 atom stereocenters. The van der Waals surface area contributed by atoms with E-state index in [-0.39, 0.29) is 16.1 Å². The number of esters is 1. The van der Waals surface area contributed by atoms with Crippen molar-refractivity contribution in [3.8, 4) is 11.5 Å². The summed E-state index contributed by atoms with van der Waals surface area (Å²) >= 11 is 6.25.